The van der Waals surface area contributed by atoms with Crippen LogP contribution in [0.5, 0.6) is 0 Å². The lowest BCUT2D eigenvalue weighted by molar-refractivity contribution is -0.121. The first kappa shape index (κ1) is 21.5. The van der Waals surface area contributed by atoms with Gasteiger partial charge in [-0.05, 0) is 41.8 Å². The van der Waals surface area contributed by atoms with Gasteiger partial charge in [-0.3, -0.25) is 14.2 Å². The summed E-state index contributed by atoms with van der Waals surface area (Å²) >= 11 is 0. The van der Waals surface area contributed by atoms with Gasteiger partial charge >= 0.3 is 0 Å². The highest BCUT2D eigenvalue weighted by atomic mass is 16.5. The lowest BCUT2D eigenvalue weighted by atomic mass is 10.1. The Balaban J connectivity index is 1.27. The van der Waals surface area contributed by atoms with Gasteiger partial charge in [0, 0.05) is 19.5 Å². The molecule has 32 heavy (non-hydrogen) atoms. The van der Waals surface area contributed by atoms with E-state index in [4.69, 9.17) is 9.15 Å². The van der Waals surface area contributed by atoms with Gasteiger partial charge in [-0.2, -0.15) is 0 Å². The number of rotatable bonds is 9. The van der Waals surface area contributed by atoms with E-state index in [1.54, 1.807) is 12.3 Å². The number of carbonyl (C=O) groups excluding carboxylic acids is 1. The molecule has 0 fully saturated rings. The highest BCUT2D eigenvalue weighted by Gasteiger charge is 2.08. The Morgan fingerprint density at radius 2 is 1.94 bits per heavy atom. The fraction of sp³-hybridized carbons (Fsp3) is 0.240. The van der Waals surface area contributed by atoms with Crippen LogP contribution in [0, 0.1) is 6.92 Å². The Bertz CT molecular complexity index is 1260. The molecular weight excluding hydrogens is 406 g/mol. The first-order valence-electron chi connectivity index (χ1n) is 10.5. The minimum absolute atomic E-state index is 0.124. The molecule has 2 aromatic heterocycles. The molecule has 0 atom stereocenters. The van der Waals surface area contributed by atoms with Crippen molar-refractivity contribution >= 4 is 16.8 Å². The summed E-state index contributed by atoms with van der Waals surface area (Å²) in [5.74, 6) is 0.657. The van der Waals surface area contributed by atoms with Crippen molar-refractivity contribution in [1.82, 2.24) is 14.9 Å². The molecule has 2 heterocycles. The summed E-state index contributed by atoms with van der Waals surface area (Å²) in [7, 11) is 0. The van der Waals surface area contributed by atoms with Crippen LogP contribution < -0.4 is 10.9 Å². The Hall–Kier alpha value is -3.71. The topological polar surface area (TPSA) is 86.4 Å². The predicted octanol–water partition coefficient (Wildman–Crippen LogP) is 3.72. The van der Waals surface area contributed by atoms with Crippen LogP contribution >= 0.6 is 0 Å². The SMILES string of the molecule is Cc1cccc2c(=O)n(CCC(=O)NCc3cccc(COCc4ccco4)c3)cnc12. The van der Waals surface area contributed by atoms with Crippen molar-refractivity contribution in [3.05, 3.63) is 100.0 Å². The summed E-state index contributed by atoms with van der Waals surface area (Å²) in [4.78, 5) is 29.3. The molecule has 7 heteroatoms. The quantitative estimate of drug-likeness (QED) is 0.437. The number of furan rings is 1. The Morgan fingerprint density at radius 3 is 2.78 bits per heavy atom. The highest BCUT2D eigenvalue weighted by molar-refractivity contribution is 5.80. The number of hydrogen-bond donors (Lipinski definition) is 1. The standard InChI is InChI=1S/C25H25N3O4/c1-18-5-2-9-22-24(18)27-17-28(25(22)30)11-10-23(29)26-14-19-6-3-7-20(13-19)15-31-16-21-8-4-12-32-21/h2-9,12-13,17H,10-11,14-16H2,1H3,(H,26,29). The number of fused-ring (bicyclic) bond motifs is 1. The predicted molar refractivity (Wildman–Crippen MR) is 121 cm³/mol. The average Bonchev–Trinajstić information content (AvgIpc) is 3.32. The number of aromatic nitrogens is 2. The van der Waals surface area contributed by atoms with Crippen molar-refractivity contribution in [1.29, 1.82) is 0 Å². The zero-order valence-electron chi connectivity index (χ0n) is 17.9. The van der Waals surface area contributed by atoms with E-state index >= 15 is 0 Å². The summed E-state index contributed by atoms with van der Waals surface area (Å²) < 4.78 is 12.4. The van der Waals surface area contributed by atoms with Crippen molar-refractivity contribution < 1.29 is 13.9 Å². The molecule has 0 unspecified atom stereocenters. The van der Waals surface area contributed by atoms with E-state index < -0.39 is 0 Å². The molecule has 164 valence electrons. The number of para-hydroxylation sites is 1. The first-order chi connectivity index (χ1) is 15.6. The van der Waals surface area contributed by atoms with Gasteiger partial charge in [-0.25, -0.2) is 4.98 Å². The second kappa shape index (κ2) is 10.1. The molecule has 0 saturated carbocycles. The number of nitrogens with one attached hydrogen (secondary N) is 1. The largest absolute Gasteiger partial charge is 0.467 e. The number of amides is 1. The second-order valence-corrected chi connectivity index (χ2v) is 7.63. The molecule has 4 rings (SSSR count). The molecule has 0 saturated heterocycles. The summed E-state index contributed by atoms with van der Waals surface area (Å²) in [5, 5.41) is 3.48. The summed E-state index contributed by atoms with van der Waals surface area (Å²) in [6, 6.07) is 17.1. The maximum atomic E-state index is 12.6. The van der Waals surface area contributed by atoms with E-state index in [1.807, 2.05) is 55.5 Å². The third-order valence-corrected chi connectivity index (χ3v) is 5.21. The van der Waals surface area contributed by atoms with Crippen LogP contribution in [0.25, 0.3) is 10.9 Å². The molecule has 0 aliphatic heterocycles. The number of carbonyl (C=O) groups is 1. The van der Waals surface area contributed by atoms with E-state index in [1.165, 1.54) is 10.9 Å². The van der Waals surface area contributed by atoms with Gasteiger partial charge in [0.15, 0.2) is 0 Å². The van der Waals surface area contributed by atoms with E-state index in [0.717, 1.165) is 22.5 Å². The zero-order chi connectivity index (χ0) is 22.3. The lowest BCUT2D eigenvalue weighted by Crippen LogP contribution is -2.27. The fourth-order valence-electron chi connectivity index (χ4n) is 3.50. The van der Waals surface area contributed by atoms with Crippen LogP contribution in [0.2, 0.25) is 0 Å². The molecule has 7 nitrogen and oxygen atoms in total. The third-order valence-electron chi connectivity index (χ3n) is 5.21. The minimum atomic E-state index is -0.131. The fourth-order valence-corrected chi connectivity index (χ4v) is 3.50. The number of hydrogen-bond acceptors (Lipinski definition) is 5. The normalized spacial score (nSPS) is 11.0. The van der Waals surface area contributed by atoms with Crippen molar-refractivity contribution in [2.75, 3.05) is 0 Å². The summed E-state index contributed by atoms with van der Waals surface area (Å²) in [5.41, 5.74) is 3.53. The first-order valence-corrected chi connectivity index (χ1v) is 10.5. The highest BCUT2D eigenvalue weighted by Crippen LogP contribution is 2.12. The smallest absolute Gasteiger partial charge is 0.261 e. The Morgan fingerprint density at radius 1 is 1.09 bits per heavy atom. The molecular formula is C25H25N3O4. The van der Waals surface area contributed by atoms with Crippen LogP contribution in [-0.2, 0) is 35.8 Å². The van der Waals surface area contributed by atoms with Gasteiger partial charge in [0.25, 0.3) is 5.56 Å². The van der Waals surface area contributed by atoms with Gasteiger partial charge < -0.3 is 14.5 Å². The van der Waals surface area contributed by atoms with E-state index in [9.17, 15) is 9.59 Å². The molecule has 0 bridgehead atoms. The maximum Gasteiger partial charge on any atom is 0.261 e. The zero-order valence-corrected chi connectivity index (χ0v) is 17.9. The number of ether oxygens (including phenoxy) is 1. The van der Waals surface area contributed by atoms with Gasteiger partial charge in [-0.15, -0.1) is 0 Å². The Labute approximate surface area is 185 Å². The summed E-state index contributed by atoms with van der Waals surface area (Å²) in [6.45, 7) is 3.49. The van der Waals surface area contributed by atoms with Gasteiger partial charge in [0.05, 0.1) is 30.1 Å². The minimum Gasteiger partial charge on any atom is -0.467 e. The average molecular weight is 431 g/mol. The second-order valence-electron chi connectivity index (χ2n) is 7.63. The molecule has 2 aromatic carbocycles. The van der Waals surface area contributed by atoms with E-state index in [2.05, 4.69) is 10.3 Å². The van der Waals surface area contributed by atoms with Crippen LogP contribution in [0.1, 0.15) is 28.9 Å². The number of benzene rings is 2. The van der Waals surface area contributed by atoms with Crippen molar-refractivity contribution in [2.45, 2.75) is 39.6 Å². The van der Waals surface area contributed by atoms with Gasteiger partial charge in [0.2, 0.25) is 5.91 Å². The maximum absolute atomic E-state index is 12.6. The van der Waals surface area contributed by atoms with Crippen LogP contribution in [-0.4, -0.2) is 15.5 Å². The molecule has 1 N–H and O–H groups in total. The van der Waals surface area contributed by atoms with Gasteiger partial charge in [-0.1, -0.05) is 36.4 Å². The van der Waals surface area contributed by atoms with Crippen molar-refractivity contribution in [3.63, 3.8) is 0 Å². The van der Waals surface area contributed by atoms with Crippen molar-refractivity contribution in [3.8, 4) is 0 Å². The molecule has 0 spiro atoms. The monoisotopic (exact) mass is 431 g/mol. The van der Waals surface area contributed by atoms with E-state index in [0.29, 0.717) is 30.7 Å². The molecule has 0 aliphatic rings. The van der Waals surface area contributed by atoms with Crippen molar-refractivity contribution in [2.24, 2.45) is 0 Å². The lowest BCUT2D eigenvalue weighted by Gasteiger charge is -2.09. The molecule has 1 amide bonds. The number of aryl methyl sites for hydroxylation is 2. The molecule has 4 aromatic rings. The molecule has 0 aliphatic carbocycles. The van der Waals surface area contributed by atoms with Crippen LogP contribution in [0.4, 0.5) is 0 Å². The molecule has 0 radical (unpaired) electrons. The van der Waals surface area contributed by atoms with E-state index in [-0.39, 0.29) is 24.4 Å². The number of nitrogens with zero attached hydrogens (tertiary/aromatic N) is 2. The third kappa shape index (κ3) is 5.31. The van der Waals surface area contributed by atoms with Gasteiger partial charge in [0.1, 0.15) is 12.4 Å². The Kier molecular flexibility index (Phi) is 6.77. The summed E-state index contributed by atoms with van der Waals surface area (Å²) in [6.07, 6.45) is 3.33. The van der Waals surface area contributed by atoms with Crippen LogP contribution in [0.3, 0.4) is 0 Å². The van der Waals surface area contributed by atoms with Crippen LogP contribution in [0.15, 0.2) is 76.4 Å².